The first kappa shape index (κ1) is 14.9. The maximum Gasteiger partial charge on any atom is 0.227 e. The maximum atomic E-state index is 4.67. The fourth-order valence-electron chi connectivity index (χ4n) is 2.73. The van der Waals surface area contributed by atoms with Crippen LogP contribution in [0.2, 0.25) is 0 Å². The molecular formula is C15H20BrN7. The van der Waals surface area contributed by atoms with Crippen molar-refractivity contribution in [2.45, 2.75) is 18.8 Å². The van der Waals surface area contributed by atoms with Gasteiger partial charge in [-0.2, -0.15) is 10.1 Å². The zero-order valence-electron chi connectivity index (χ0n) is 13.1. The van der Waals surface area contributed by atoms with E-state index in [0.717, 1.165) is 48.2 Å². The molecule has 7 nitrogen and oxygen atoms in total. The van der Waals surface area contributed by atoms with Crippen molar-refractivity contribution in [3.63, 3.8) is 0 Å². The third kappa shape index (κ3) is 3.32. The highest BCUT2D eigenvalue weighted by molar-refractivity contribution is 9.10. The highest BCUT2D eigenvalue weighted by Crippen LogP contribution is 2.39. The number of anilines is 3. The largest absolute Gasteiger partial charge is 0.338 e. The Bertz CT molecular complexity index is 689. The molecule has 0 atom stereocenters. The second-order valence-electron chi connectivity index (χ2n) is 6.26. The van der Waals surface area contributed by atoms with Crippen molar-refractivity contribution in [1.29, 1.82) is 0 Å². The van der Waals surface area contributed by atoms with Crippen molar-refractivity contribution >= 4 is 33.5 Å². The van der Waals surface area contributed by atoms with Crippen LogP contribution in [-0.2, 0) is 0 Å². The maximum absolute atomic E-state index is 4.67. The first-order valence-corrected chi connectivity index (χ1v) is 8.77. The molecule has 122 valence electrons. The summed E-state index contributed by atoms with van der Waals surface area (Å²) in [4.78, 5) is 13.7. The van der Waals surface area contributed by atoms with Crippen molar-refractivity contribution in [3.8, 4) is 0 Å². The van der Waals surface area contributed by atoms with Gasteiger partial charge in [-0.05, 0) is 35.8 Å². The van der Waals surface area contributed by atoms with E-state index in [4.69, 9.17) is 0 Å². The lowest BCUT2D eigenvalue weighted by atomic mass is 10.3. The molecule has 0 amide bonds. The van der Waals surface area contributed by atoms with Crippen LogP contribution in [0.5, 0.6) is 0 Å². The van der Waals surface area contributed by atoms with Gasteiger partial charge in [-0.15, -0.1) is 0 Å². The Morgan fingerprint density at radius 1 is 1.26 bits per heavy atom. The van der Waals surface area contributed by atoms with Gasteiger partial charge in [0, 0.05) is 50.1 Å². The van der Waals surface area contributed by atoms with Gasteiger partial charge in [0.15, 0.2) is 11.6 Å². The molecule has 1 saturated heterocycles. The third-order valence-corrected chi connectivity index (χ3v) is 4.96. The van der Waals surface area contributed by atoms with Crippen LogP contribution in [0.1, 0.15) is 24.5 Å². The zero-order chi connectivity index (χ0) is 15.8. The minimum atomic E-state index is 0.660. The van der Waals surface area contributed by atoms with Crippen LogP contribution in [0.4, 0.5) is 17.6 Å². The molecular weight excluding hydrogens is 358 g/mol. The Morgan fingerprint density at radius 2 is 2.04 bits per heavy atom. The van der Waals surface area contributed by atoms with Gasteiger partial charge >= 0.3 is 0 Å². The monoisotopic (exact) mass is 377 g/mol. The Hall–Kier alpha value is -1.67. The standard InChI is InChI=1S/C15H20BrN7/c1-22-4-6-23(7-5-22)15-17-9-11(16)14(19-15)18-13-8-12(20-21-13)10-2-3-10/h8-10H,2-7H2,1H3,(H2,17,18,19,20,21). The molecule has 2 aromatic heterocycles. The highest BCUT2D eigenvalue weighted by atomic mass is 79.9. The van der Waals surface area contributed by atoms with Gasteiger partial charge in [-0.1, -0.05) is 0 Å². The molecule has 2 fully saturated rings. The molecule has 4 rings (SSSR count). The lowest BCUT2D eigenvalue weighted by Crippen LogP contribution is -2.45. The van der Waals surface area contributed by atoms with E-state index in [0.29, 0.717) is 5.92 Å². The number of aromatic nitrogens is 4. The number of piperazine rings is 1. The van der Waals surface area contributed by atoms with Gasteiger partial charge in [0.25, 0.3) is 0 Å². The van der Waals surface area contributed by atoms with E-state index in [1.807, 2.05) is 0 Å². The predicted molar refractivity (Wildman–Crippen MR) is 93.3 cm³/mol. The first-order chi connectivity index (χ1) is 11.2. The summed E-state index contributed by atoms with van der Waals surface area (Å²) in [6, 6.07) is 2.07. The zero-order valence-corrected chi connectivity index (χ0v) is 14.7. The number of rotatable bonds is 4. The average molecular weight is 378 g/mol. The van der Waals surface area contributed by atoms with Gasteiger partial charge < -0.3 is 15.1 Å². The number of nitrogens with one attached hydrogen (secondary N) is 2. The first-order valence-electron chi connectivity index (χ1n) is 7.97. The van der Waals surface area contributed by atoms with Gasteiger partial charge in [0.1, 0.15) is 0 Å². The minimum absolute atomic E-state index is 0.660. The summed E-state index contributed by atoms with van der Waals surface area (Å²) in [6.45, 7) is 3.97. The fraction of sp³-hybridized carbons (Fsp3) is 0.533. The molecule has 2 aromatic rings. The van der Waals surface area contributed by atoms with Crippen LogP contribution in [0.3, 0.4) is 0 Å². The summed E-state index contributed by atoms with van der Waals surface area (Å²) < 4.78 is 0.839. The minimum Gasteiger partial charge on any atom is -0.338 e. The van der Waals surface area contributed by atoms with Crippen LogP contribution < -0.4 is 10.2 Å². The molecule has 2 N–H and O–H groups in total. The molecule has 0 unspecified atom stereocenters. The fourth-order valence-corrected chi connectivity index (χ4v) is 3.02. The smallest absolute Gasteiger partial charge is 0.227 e. The molecule has 23 heavy (non-hydrogen) atoms. The normalized spacial score (nSPS) is 19.1. The summed E-state index contributed by atoms with van der Waals surface area (Å²) >= 11 is 3.52. The SMILES string of the molecule is CN1CCN(c2ncc(Br)c(Nc3cc(C4CC4)[nH]n3)n2)CC1. The molecule has 3 heterocycles. The number of H-pyrrole nitrogens is 1. The molecule has 0 radical (unpaired) electrons. The number of aromatic amines is 1. The summed E-state index contributed by atoms with van der Waals surface area (Å²) in [5.41, 5.74) is 1.21. The van der Waals surface area contributed by atoms with Crippen LogP contribution >= 0.6 is 15.9 Å². The Kier molecular flexibility index (Phi) is 3.94. The molecule has 8 heteroatoms. The second kappa shape index (κ2) is 6.09. The lowest BCUT2D eigenvalue weighted by Gasteiger charge is -2.32. The Balaban J connectivity index is 1.51. The average Bonchev–Trinajstić information content (AvgIpc) is 3.30. The number of hydrogen-bond donors (Lipinski definition) is 2. The van der Waals surface area contributed by atoms with Gasteiger partial charge in [-0.3, -0.25) is 5.10 Å². The molecule has 0 bridgehead atoms. The number of nitrogens with zero attached hydrogens (tertiary/aromatic N) is 5. The van der Waals surface area contributed by atoms with Crippen molar-refractivity contribution in [2.75, 3.05) is 43.4 Å². The summed E-state index contributed by atoms with van der Waals surface area (Å²) in [7, 11) is 2.14. The van der Waals surface area contributed by atoms with E-state index in [2.05, 4.69) is 64.3 Å². The number of likely N-dealkylation sites (N-methyl/N-ethyl adjacent to an activating group) is 1. The second-order valence-corrected chi connectivity index (χ2v) is 7.12. The molecule has 1 saturated carbocycles. The summed E-state index contributed by atoms with van der Waals surface area (Å²) in [5, 5.41) is 10.7. The topological polar surface area (TPSA) is 73.0 Å². The number of halogens is 1. The van der Waals surface area contributed by atoms with Crippen LogP contribution in [0.15, 0.2) is 16.7 Å². The van der Waals surface area contributed by atoms with Gasteiger partial charge in [-0.25, -0.2) is 4.98 Å². The van der Waals surface area contributed by atoms with Gasteiger partial charge in [0.2, 0.25) is 5.95 Å². The number of hydrogen-bond acceptors (Lipinski definition) is 6. The molecule has 0 spiro atoms. The summed E-state index contributed by atoms with van der Waals surface area (Å²) in [5.74, 6) is 2.98. The van der Waals surface area contributed by atoms with Crippen LogP contribution in [0, 0.1) is 0 Å². The van der Waals surface area contributed by atoms with Crippen LogP contribution in [0.25, 0.3) is 0 Å². The van der Waals surface area contributed by atoms with Gasteiger partial charge in [0.05, 0.1) is 4.47 Å². The van der Waals surface area contributed by atoms with E-state index < -0.39 is 0 Å². The van der Waals surface area contributed by atoms with Crippen molar-refractivity contribution in [1.82, 2.24) is 25.1 Å². The van der Waals surface area contributed by atoms with E-state index in [-0.39, 0.29) is 0 Å². The lowest BCUT2D eigenvalue weighted by molar-refractivity contribution is 0.311. The van der Waals surface area contributed by atoms with Crippen molar-refractivity contribution in [2.24, 2.45) is 0 Å². The Labute approximate surface area is 143 Å². The summed E-state index contributed by atoms with van der Waals surface area (Å²) in [6.07, 6.45) is 4.32. The quantitative estimate of drug-likeness (QED) is 0.851. The Morgan fingerprint density at radius 3 is 2.78 bits per heavy atom. The van der Waals surface area contributed by atoms with Crippen LogP contribution in [-0.4, -0.2) is 58.3 Å². The van der Waals surface area contributed by atoms with Crippen molar-refractivity contribution in [3.05, 3.63) is 22.4 Å². The molecule has 0 aromatic carbocycles. The van der Waals surface area contributed by atoms with E-state index in [9.17, 15) is 0 Å². The molecule has 2 aliphatic rings. The predicted octanol–water partition coefficient (Wildman–Crippen LogP) is 2.33. The molecule has 1 aliphatic carbocycles. The van der Waals surface area contributed by atoms with E-state index in [1.165, 1.54) is 18.5 Å². The third-order valence-electron chi connectivity index (χ3n) is 4.38. The highest BCUT2D eigenvalue weighted by Gasteiger charge is 2.25. The molecule has 1 aliphatic heterocycles. The van der Waals surface area contributed by atoms with E-state index in [1.54, 1.807) is 6.20 Å². The van der Waals surface area contributed by atoms with Crippen molar-refractivity contribution < 1.29 is 0 Å². The van der Waals surface area contributed by atoms with E-state index >= 15 is 0 Å².